The highest BCUT2D eigenvalue weighted by Gasteiger charge is 2.31. The van der Waals surface area contributed by atoms with E-state index in [0.717, 1.165) is 28.8 Å². The molecule has 1 aromatic carbocycles. The van der Waals surface area contributed by atoms with Crippen LogP contribution in [0.3, 0.4) is 0 Å². The van der Waals surface area contributed by atoms with E-state index in [4.69, 9.17) is 4.74 Å². The Morgan fingerprint density at radius 3 is 2.54 bits per heavy atom. The van der Waals surface area contributed by atoms with Gasteiger partial charge in [0.15, 0.2) is 16.7 Å². The average Bonchev–Trinajstić information content (AvgIpc) is 2.94. The Morgan fingerprint density at radius 2 is 1.96 bits per heavy atom. The van der Waals surface area contributed by atoms with Crippen LogP contribution < -0.4 is 4.74 Å². The SMILES string of the molecule is CC(=O)c1ccc(CCOc2ccc(CC3SC(=O)CC3=O)cc2)nc1. The van der Waals surface area contributed by atoms with Crippen LogP contribution in [-0.2, 0) is 22.4 Å². The number of hydrogen-bond donors (Lipinski definition) is 0. The van der Waals surface area contributed by atoms with Crippen molar-refractivity contribution in [3.63, 3.8) is 0 Å². The van der Waals surface area contributed by atoms with Gasteiger partial charge in [-0.15, -0.1) is 0 Å². The van der Waals surface area contributed by atoms with E-state index in [2.05, 4.69) is 4.98 Å². The zero-order valence-electron chi connectivity index (χ0n) is 14.4. The smallest absolute Gasteiger partial charge is 0.197 e. The summed E-state index contributed by atoms with van der Waals surface area (Å²) in [5.41, 5.74) is 2.48. The van der Waals surface area contributed by atoms with Crippen molar-refractivity contribution in [1.29, 1.82) is 0 Å². The summed E-state index contributed by atoms with van der Waals surface area (Å²) in [5.74, 6) is 0.765. The molecule has 5 nitrogen and oxygen atoms in total. The second kappa shape index (κ2) is 8.27. The summed E-state index contributed by atoms with van der Waals surface area (Å²) in [4.78, 5) is 38.5. The van der Waals surface area contributed by atoms with Crippen molar-refractivity contribution >= 4 is 28.4 Å². The van der Waals surface area contributed by atoms with Crippen molar-refractivity contribution in [2.45, 2.75) is 31.4 Å². The molecule has 6 heteroatoms. The van der Waals surface area contributed by atoms with Crippen molar-refractivity contribution in [3.05, 3.63) is 59.4 Å². The fraction of sp³-hybridized carbons (Fsp3) is 0.300. The van der Waals surface area contributed by atoms with Gasteiger partial charge in [0, 0.05) is 23.9 Å². The molecule has 1 saturated heterocycles. The van der Waals surface area contributed by atoms with E-state index >= 15 is 0 Å². The van der Waals surface area contributed by atoms with Crippen LogP contribution in [0.5, 0.6) is 5.75 Å². The van der Waals surface area contributed by atoms with Gasteiger partial charge in [-0.3, -0.25) is 19.4 Å². The third kappa shape index (κ3) is 4.79. The summed E-state index contributed by atoms with van der Waals surface area (Å²) in [6.45, 7) is 2.00. The predicted molar refractivity (Wildman–Crippen MR) is 99.6 cm³/mol. The zero-order valence-corrected chi connectivity index (χ0v) is 15.3. The van der Waals surface area contributed by atoms with E-state index in [1.54, 1.807) is 12.3 Å². The van der Waals surface area contributed by atoms with Gasteiger partial charge in [-0.1, -0.05) is 23.9 Å². The summed E-state index contributed by atoms with van der Waals surface area (Å²) in [5, 5.41) is -0.289. The second-order valence-corrected chi connectivity index (χ2v) is 7.42. The first-order valence-corrected chi connectivity index (χ1v) is 9.29. The molecule has 1 aromatic heterocycles. The van der Waals surface area contributed by atoms with Crippen LogP contribution in [0.2, 0.25) is 0 Å². The number of ketones is 2. The molecule has 26 heavy (non-hydrogen) atoms. The molecule has 0 spiro atoms. The number of aromatic nitrogens is 1. The molecular formula is C20H19NO4S. The Bertz CT molecular complexity index is 815. The van der Waals surface area contributed by atoms with E-state index in [1.165, 1.54) is 6.92 Å². The molecule has 1 fully saturated rings. The molecule has 0 saturated carbocycles. The second-order valence-electron chi connectivity index (χ2n) is 6.16. The van der Waals surface area contributed by atoms with Gasteiger partial charge in [-0.25, -0.2) is 0 Å². The largest absolute Gasteiger partial charge is 0.493 e. The monoisotopic (exact) mass is 369 g/mol. The topological polar surface area (TPSA) is 73.3 Å². The minimum atomic E-state index is -0.252. The molecule has 0 amide bonds. The van der Waals surface area contributed by atoms with Crippen LogP contribution >= 0.6 is 11.8 Å². The number of nitrogens with zero attached hydrogens (tertiary/aromatic N) is 1. The van der Waals surface area contributed by atoms with Gasteiger partial charge in [-0.05, 0) is 43.2 Å². The first-order chi connectivity index (χ1) is 12.5. The zero-order chi connectivity index (χ0) is 18.5. The van der Waals surface area contributed by atoms with Crippen LogP contribution in [0.1, 0.15) is 35.0 Å². The number of carbonyl (C=O) groups excluding carboxylic acids is 3. The highest BCUT2D eigenvalue weighted by atomic mass is 32.2. The van der Waals surface area contributed by atoms with Crippen LogP contribution in [-0.4, -0.2) is 33.5 Å². The number of rotatable bonds is 7. The predicted octanol–water partition coefficient (Wildman–Crippen LogP) is 3.05. The van der Waals surface area contributed by atoms with Gasteiger partial charge in [0.25, 0.3) is 0 Å². The Balaban J connectivity index is 1.47. The fourth-order valence-electron chi connectivity index (χ4n) is 2.67. The first kappa shape index (κ1) is 18.3. The molecule has 1 aliphatic rings. The lowest BCUT2D eigenvalue weighted by atomic mass is 10.1. The summed E-state index contributed by atoms with van der Waals surface area (Å²) in [6, 6.07) is 11.2. The summed E-state index contributed by atoms with van der Waals surface area (Å²) >= 11 is 1.14. The Kier molecular flexibility index (Phi) is 5.83. The maximum atomic E-state index is 11.7. The van der Waals surface area contributed by atoms with Gasteiger partial charge in [0.1, 0.15) is 5.75 Å². The third-order valence-corrected chi connectivity index (χ3v) is 5.28. The van der Waals surface area contributed by atoms with E-state index in [0.29, 0.717) is 25.0 Å². The van der Waals surface area contributed by atoms with Gasteiger partial charge in [0.05, 0.1) is 18.3 Å². The van der Waals surface area contributed by atoms with Gasteiger partial charge in [0.2, 0.25) is 0 Å². The van der Waals surface area contributed by atoms with Crippen LogP contribution in [0.4, 0.5) is 0 Å². The number of Topliss-reactive ketones (excluding diaryl/α,β-unsaturated/α-hetero) is 2. The lowest BCUT2D eigenvalue weighted by Crippen LogP contribution is -2.13. The van der Waals surface area contributed by atoms with Crippen LogP contribution in [0.25, 0.3) is 0 Å². The minimum absolute atomic E-state index is 0.00228. The number of thioether (sulfide) groups is 1. The molecule has 0 bridgehead atoms. The fourth-order valence-corrected chi connectivity index (χ4v) is 3.70. The molecule has 1 aliphatic heterocycles. The molecule has 1 unspecified atom stereocenters. The first-order valence-electron chi connectivity index (χ1n) is 8.41. The molecule has 134 valence electrons. The lowest BCUT2D eigenvalue weighted by molar-refractivity contribution is -0.121. The number of ether oxygens (including phenoxy) is 1. The molecular weight excluding hydrogens is 350 g/mol. The molecule has 1 atom stereocenters. The summed E-state index contributed by atoms with van der Waals surface area (Å²) < 4.78 is 5.72. The van der Waals surface area contributed by atoms with Crippen LogP contribution in [0, 0.1) is 0 Å². The van der Waals surface area contributed by atoms with E-state index in [1.807, 2.05) is 30.3 Å². The molecule has 0 N–H and O–H groups in total. The van der Waals surface area contributed by atoms with Crippen molar-refractivity contribution in [1.82, 2.24) is 4.98 Å². The molecule has 0 aliphatic carbocycles. The molecule has 0 radical (unpaired) electrons. The lowest BCUT2D eigenvalue weighted by Gasteiger charge is -2.09. The highest BCUT2D eigenvalue weighted by Crippen LogP contribution is 2.28. The van der Waals surface area contributed by atoms with E-state index in [-0.39, 0.29) is 28.4 Å². The maximum Gasteiger partial charge on any atom is 0.197 e. The summed E-state index contributed by atoms with van der Waals surface area (Å²) in [7, 11) is 0. The standard InChI is InChI=1S/C20H19NO4S/c1-13(22)15-4-5-16(21-12-15)8-9-25-17-6-2-14(3-7-17)10-19-18(23)11-20(24)26-19/h2-7,12,19H,8-11H2,1H3. The number of hydrogen-bond acceptors (Lipinski definition) is 6. The quantitative estimate of drug-likeness (QED) is 0.552. The van der Waals surface area contributed by atoms with E-state index < -0.39 is 0 Å². The Hall–Kier alpha value is -2.47. The summed E-state index contributed by atoms with van der Waals surface area (Å²) in [6.07, 6.45) is 2.86. The van der Waals surface area contributed by atoms with E-state index in [9.17, 15) is 14.4 Å². The number of carbonyl (C=O) groups is 3. The molecule has 2 aromatic rings. The highest BCUT2D eigenvalue weighted by molar-refractivity contribution is 8.15. The van der Waals surface area contributed by atoms with Gasteiger partial charge < -0.3 is 4.74 Å². The third-order valence-electron chi connectivity index (χ3n) is 4.15. The number of benzene rings is 1. The van der Waals surface area contributed by atoms with Crippen molar-refractivity contribution in [2.24, 2.45) is 0 Å². The van der Waals surface area contributed by atoms with Crippen molar-refractivity contribution in [2.75, 3.05) is 6.61 Å². The molecule has 2 heterocycles. The number of pyridine rings is 1. The normalized spacial score (nSPS) is 16.7. The van der Waals surface area contributed by atoms with Crippen LogP contribution in [0.15, 0.2) is 42.6 Å². The average molecular weight is 369 g/mol. The maximum absolute atomic E-state index is 11.7. The van der Waals surface area contributed by atoms with Gasteiger partial charge >= 0.3 is 0 Å². The Labute approximate surface area is 156 Å². The Morgan fingerprint density at radius 1 is 1.19 bits per heavy atom. The minimum Gasteiger partial charge on any atom is -0.493 e. The van der Waals surface area contributed by atoms with Gasteiger partial charge in [-0.2, -0.15) is 0 Å². The van der Waals surface area contributed by atoms with Crippen molar-refractivity contribution in [3.8, 4) is 5.75 Å². The van der Waals surface area contributed by atoms with Crippen molar-refractivity contribution < 1.29 is 19.1 Å². The molecule has 3 rings (SSSR count).